The summed E-state index contributed by atoms with van der Waals surface area (Å²) >= 11 is 0.894. The molecule has 1 heterocycles. The van der Waals surface area contributed by atoms with Gasteiger partial charge in [0.25, 0.3) is 0 Å². The van der Waals surface area contributed by atoms with E-state index in [2.05, 4.69) is 4.98 Å². The van der Waals surface area contributed by atoms with Gasteiger partial charge in [0.05, 0.1) is 25.0 Å². The predicted molar refractivity (Wildman–Crippen MR) is 71.7 cm³/mol. The van der Waals surface area contributed by atoms with Gasteiger partial charge in [0.2, 0.25) is 0 Å². The Hall–Kier alpha value is -1.99. The van der Waals surface area contributed by atoms with Crippen LogP contribution in [0.3, 0.4) is 0 Å². The number of carboxylic acids is 1. The summed E-state index contributed by atoms with van der Waals surface area (Å²) in [5, 5.41) is 9.39. The number of halogens is 1. The summed E-state index contributed by atoms with van der Waals surface area (Å²) in [7, 11) is 2.86. The van der Waals surface area contributed by atoms with E-state index >= 15 is 0 Å². The number of nitrogens with zero attached hydrogens (tertiary/aromatic N) is 1. The van der Waals surface area contributed by atoms with Gasteiger partial charge < -0.3 is 14.6 Å². The number of carboxylic acid groups (broad SMARTS) is 1. The van der Waals surface area contributed by atoms with Crippen LogP contribution in [0.5, 0.6) is 5.75 Å². The minimum atomic E-state index is -1.11. The smallest absolute Gasteiger partial charge is 0.347 e. The lowest BCUT2D eigenvalue weighted by Gasteiger charge is -2.06. The van der Waals surface area contributed by atoms with Crippen molar-refractivity contribution in [2.24, 2.45) is 0 Å². The molecule has 20 heavy (non-hydrogen) atoms. The van der Waals surface area contributed by atoms with Gasteiger partial charge in [0.15, 0.2) is 0 Å². The molecule has 0 aliphatic rings. The minimum absolute atomic E-state index is 0.0344. The van der Waals surface area contributed by atoms with E-state index in [4.69, 9.17) is 14.6 Å². The third-order valence-corrected chi connectivity index (χ3v) is 3.68. The molecule has 1 N–H and O–H groups in total. The van der Waals surface area contributed by atoms with Gasteiger partial charge in [-0.3, -0.25) is 0 Å². The topological polar surface area (TPSA) is 68.7 Å². The normalized spacial score (nSPS) is 10.6. The third-order valence-electron chi connectivity index (χ3n) is 2.58. The number of thiazole rings is 1. The molecule has 0 unspecified atom stereocenters. The highest BCUT2D eigenvalue weighted by atomic mass is 32.1. The number of carbonyl (C=O) groups is 1. The van der Waals surface area contributed by atoms with Gasteiger partial charge in [-0.05, 0) is 12.1 Å². The summed E-state index contributed by atoms with van der Waals surface area (Å²) in [5.41, 5.74) is 0.426. The lowest BCUT2D eigenvalue weighted by atomic mass is 10.2. The van der Waals surface area contributed by atoms with Gasteiger partial charge in [-0.25, -0.2) is 14.2 Å². The number of rotatable bonds is 5. The molecule has 0 spiro atoms. The number of methoxy groups -OCH3 is 2. The second-order valence-corrected chi connectivity index (χ2v) is 4.85. The van der Waals surface area contributed by atoms with E-state index in [1.54, 1.807) is 6.07 Å². The Kier molecular flexibility index (Phi) is 4.31. The Morgan fingerprint density at radius 1 is 1.45 bits per heavy atom. The zero-order valence-electron chi connectivity index (χ0n) is 10.8. The molecule has 0 radical (unpaired) electrons. The van der Waals surface area contributed by atoms with E-state index in [1.807, 2.05) is 0 Å². The molecule has 2 aromatic rings. The first-order chi connectivity index (χ1) is 9.58. The highest BCUT2D eigenvalue weighted by Crippen LogP contribution is 2.36. The lowest BCUT2D eigenvalue weighted by molar-refractivity contribution is 0.0697. The largest absolute Gasteiger partial charge is 0.496 e. The Morgan fingerprint density at radius 3 is 2.80 bits per heavy atom. The van der Waals surface area contributed by atoms with Crippen LogP contribution >= 0.6 is 11.3 Å². The summed E-state index contributed by atoms with van der Waals surface area (Å²) in [6.45, 7) is 0.0505. The Morgan fingerprint density at radius 2 is 2.20 bits per heavy atom. The average molecular weight is 297 g/mol. The van der Waals surface area contributed by atoms with Gasteiger partial charge >= 0.3 is 5.97 Å². The molecule has 2 rings (SSSR count). The SMILES string of the molecule is COCc1nc(-c2c(F)cccc2OC)sc1C(=O)O. The Balaban J connectivity index is 2.59. The van der Waals surface area contributed by atoms with Crippen molar-refractivity contribution in [3.63, 3.8) is 0 Å². The van der Waals surface area contributed by atoms with Crippen LogP contribution in [0.15, 0.2) is 18.2 Å². The van der Waals surface area contributed by atoms with Gasteiger partial charge in [-0.15, -0.1) is 11.3 Å². The van der Waals surface area contributed by atoms with E-state index in [9.17, 15) is 9.18 Å². The molecule has 0 aliphatic carbocycles. The van der Waals surface area contributed by atoms with Crippen LogP contribution in [-0.2, 0) is 11.3 Å². The summed E-state index contributed by atoms with van der Waals surface area (Å²) < 4.78 is 24.0. The first kappa shape index (κ1) is 14.4. The van der Waals surface area contributed by atoms with Crippen molar-refractivity contribution in [1.82, 2.24) is 4.98 Å². The van der Waals surface area contributed by atoms with Gasteiger partial charge in [0, 0.05) is 7.11 Å². The second kappa shape index (κ2) is 5.98. The molecule has 0 saturated carbocycles. The summed E-state index contributed by atoms with van der Waals surface area (Å²) in [6, 6.07) is 4.38. The standard InChI is InChI=1S/C13H12FNO4S/c1-18-6-8-11(13(16)17)20-12(15-8)10-7(14)4-3-5-9(10)19-2/h3-5H,6H2,1-2H3,(H,16,17). The van der Waals surface area contributed by atoms with Crippen molar-refractivity contribution in [2.75, 3.05) is 14.2 Å². The van der Waals surface area contributed by atoms with E-state index < -0.39 is 11.8 Å². The maximum absolute atomic E-state index is 14.0. The Bertz CT molecular complexity index is 641. The Labute approximate surface area is 118 Å². The number of hydrogen-bond donors (Lipinski definition) is 1. The maximum Gasteiger partial charge on any atom is 0.347 e. The molecule has 0 saturated heterocycles. The maximum atomic E-state index is 14.0. The number of aromatic nitrogens is 1. The zero-order valence-corrected chi connectivity index (χ0v) is 11.7. The average Bonchev–Trinajstić information content (AvgIpc) is 2.82. The number of aromatic carboxylic acids is 1. The van der Waals surface area contributed by atoms with Crippen molar-refractivity contribution in [3.05, 3.63) is 34.6 Å². The zero-order chi connectivity index (χ0) is 14.7. The first-order valence-corrected chi connectivity index (χ1v) is 6.45. The van der Waals surface area contributed by atoms with Crippen LogP contribution in [0.25, 0.3) is 10.6 Å². The fraction of sp³-hybridized carbons (Fsp3) is 0.231. The lowest BCUT2D eigenvalue weighted by Crippen LogP contribution is -1.99. The van der Waals surface area contributed by atoms with Gasteiger partial charge in [-0.1, -0.05) is 6.07 Å². The molecule has 106 valence electrons. The molecule has 5 nitrogen and oxygen atoms in total. The van der Waals surface area contributed by atoms with E-state index in [0.717, 1.165) is 11.3 Å². The molecule has 0 bridgehead atoms. The molecule has 0 amide bonds. The van der Waals surface area contributed by atoms with Crippen LogP contribution in [0.4, 0.5) is 4.39 Å². The fourth-order valence-corrected chi connectivity index (χ4v) is 2.70. The molecule has 0 fully saturated rings. The van der Waals surface area contributed by atoms with E-state index in [1.165, 1.54) is 26.4 Å². The van der Waals surface area contributed by atoms with E-state index in [-0.39, 0.29) is 27.7 Å². The van der Waals surface area contributed by atoms with Crippen LogP contribution in [0.2, 0.25) is 0 Å². The molecule has 1 aromatic carbocycles. The van der Waals surface area contributed by atoms with E-state index in [0.29, 0.717) is 5.75 Å². The highest BCUT2D eigenvalue weighted by Gasteiger charge is 2.22. The summed E-state index contributed by atoms with van der Waals surface area (Å²) in [4.78, 5) is 15.4. The van der Waals surface area contributed by atoms with Crippen LogP contribution in [0, 0.1) is 5.82 Å². The van der Waals surface area contributed by atoms with Crippen LogP contribution in [0.1, 0.15) is 15.4 Å². The quantitative estimate of drug-likeness (QED) is 0.919. The first-order valence-electron chi connectivity index (χ1n) is 5.63. The van der Waals surface area contributed by atoms with Crippen LogP contribution in [-0.4, -0.2) is 30.3 Å². The van der Waals surface area contributed by atoms with Crippen molar-refractivity contribution in [2.45, 2.75) is 6.61 Å². The predicted octanol–water partition coefficient (Wildman–Crippen LogP) is 2.80. The number of benzene rings is 1. The third kappa shape index (κ3) is 2.63. The molecular weight excluding hydrogens is 285 g/mol. The highest BCUT2D eigenvalue weighted by molar-refractivity contribution is 7.17. The van der Waals surface area contributed by atoms with Gasteiger partial charge in [-0.2, -0.15) is 0 Å². The molecule has 0 aliphatic heterocycles. The van der Waals surface area contributed by atoms with Crippen molar-refractivity contribution in [3.8, 4) is 16.3 Å². The van der Waals surface area contributed by atoms with Crippen LogP contribution < -0.4 is 4.74 Å². The number of ether oxygens (including phenoxy) is 2. The number of hydrogen-bond acceptors (Lipinski definition) is 5. The molecule has 7 heteroatoms. The van der Waals surface area contributed by atoms with Crippen molar-refractivity contribution in [1.29, 1.82) is 0 Å². The van der Waals surface area contributed by atoms with Crippen molar-refractivity contribution < 1.29 is 23.8 Å². The monoisotopic (exact) mass is 297 g/mol. The minimum Gasteiger partial charge on any atom is -0.496 e. The summed E-state index contributed by atoms with van der Waals surface area (Å²) in [6.07, 6.45) is 0. The van der Waals surface area contributed by atoms with Crippen molar-refractivity contribution >= 4 is 17.3 Å². The molecule has 1 aromatic heterocycles. The second-order valence-electron chi connectivity index (χ2n) is 3.85. The molecular formula is C13H12FNO4S. The fourth-order valence-electron chi connectivity index (χ4n) is 1.74. The summed E-state index contributed by atoms with van der Waals surface area (Å²) in [5.74, 6) is -1.32. The van der Waals surface area contributed by atoms with Gasteiger partial charge in [0.1, 0.15) is 21.5 Å². The molecule has 0 atom stereocenters.